The predicted molar refractivity (Wildman–Crippen MR) is 72.5 cm³/mol. The highest BCUT2D eigenvalue weighted by Crippen LogP contribution is 2.17. The van der Waals surface area contributed by atoms with Crippen molar-refractivity contribution in [2.75, 3.05) is 6.61 Å². The molecular formula is C13H12ClNO2S. The predicted octanol–water partition coefficient (Wildman–Crippen LogP) is 3.30. The van der Waals surface area contributed by atoms with E-state index in [1.54, 1.807) is 24.3 Å². The third kappa shape index (κ3) is 3.82. The number of ketones is 1. The van der Waals surface area contributed by atoms with Crippen LogP contribution in [0.15, 0.2) is 29.6 Å². The summed E-state index contributed by atoms with van der Waals surface area (Å²) >= 11 is 7.31. The summed E-state index contributed by atoms with van der Waals surface area (Å²) in [6, 6.07) is 7.00. The first kappa shape index (κ1) is 13.1. The van der Waals surface area contributed by atoms with Crippen molar-refractivity contribution in [3.05, 3.63) is 45.4 Å². The van der Waals surface area contributed by atoms with E-state index in [1.165, 1.54) is 11.3 Å². The molecule has 0 saturated carbocycles. The molecule has 0 aliphatic rings. The number of Topliss-reactive ketones (excluding diaryl/α,β-unsaturated/α-hetero) is 1. The second-order valence-electron chi connectivity index (χ2n) is 3.84. The number of aryl methyl sites for hydroxylation is 1. The molecule has 1 aromatic heterocycles. The molecule has 3 nitrogen and oxygen atoms in total. The highest BCUT2D eigenvalue weighted by molar-refractivity contribution is 7.09. The first-order chi connectivity index (χ1) is 8.63. The molecule has 94 valence electrons. The number of ether oxygens (including phenoxy) is 1. The average molecular weight is 282 g/mol. The van der Waals surface area contributed by atoms with E-state index in [9.17, 15) is 4.79 Å². The number of nitrogens with zero attached hydrogens (tertiary/aromatic N) is 1. The molecule has 2 rings (SSSR count). The van der Waals surface area contributed by atoms with Crippen molar-refractivity contribution in [1.29, 1.82) is 0 Å². The Balaban J connectivity index is 1.85. The fraction of sp³-hybridized carbons (Fsp3) is 0.231. The first-order valence-electron chi connectivity index (χ1n) is 5.44. The third-order valence-electron chi connectivity index (χ3n) is 2.21. The van der Waals surface area contributed by atoms with Crippen molar-refractivity contribution < 1.29 is 9.53 Å². The van der Waals surface area contributed by atoms with Crippen LogP contribution in [0.5, 0.6) is 5.75 Å². The van der Waals surface area contributed by atoms with Gasteiger partial charge in [0.15, 0.2) is 5.78 Å². The van der Waals surface area contributed by atoms with Gasteiger partial charge in [0, 0.05) is 16.1 Å². The molecular weight excluding hydrogens is 270 g/mol. The largest absolute Gasteiger partial charge is 0.486 e. The zero-order chi connectivity index (χ0) is 13.0. The lowest BCUT2D eigenvalue weighted by Crippen LogP contribution is -2.13. The zero-order valence-electron chi connectivity index (χ0n) is 9.85. The third-order valence-corrected chi connectivity index (χ3v) is 3.41. The van der Waals surface area contributed by atoms with Gasteiger partial charge in [-0.25, -0.2) is 4.98 Å². The van der Waals surface area contributed by atoms with Crippen LogP contribution in [0.2, 0.25) is 5.02 Å². The van der Waals surface area contributed by atoms with Crippen LogP contribution < -0.4 is 4.74 Å². The molecule has 0 radical (unpaired) electrons. The highest BCUT2D eigenvalue weighted by atomic mass is 35.5. The van der Waals surface area contributed by atoms with Crippen LogP contribution in [0.3, 0.4) is 0 Å². The second kappa shape index (κ2) is 5.98. The number of hydrogen-bond donors (Lipinski definition) is 0. The topological polar surface area (TPSA) is 39.2 Å². The molecule has 1 heterocycles. The summed E-state index contributed by atoms with van der Waals surface area (Å²) in [5.41, 5.74) is 0.943. The van der Waals surface area contributed by atoms with Crippen LogP contribution in [-0.2, 0) is 11.2 Å². The molecule has 0 aliphatic carbocycles. The molecule has 0 atom stereocenters. The molecule has 0 amide bonds. The lowest BCUT2D eigenvalue weighted by molar-refractivity contribution is -0.120. The normalized spacial score (nSPS) is 10.3. The second-order valence-corrected chi connectivity index (χ2v) is 5.22. The van der Waals surface area contributed by atoms with Crippen molar-refractivity contribution in [1.82, 2.24) is 4.98 Å². The number of halogens is 1. The molecule has 2 aromatic rings. The van der Waals surface area contributed by atoms with Crippen molar-refractivity contribution in [3.8, 4) is 5.75 Å². The Kier molecular flexibility index (Phi) is 4.33. The molecule has 1 aromatic carbocycles. The van der Waals surface area contributed by atoms with Gasteiger partial charge in [-0.2, -0.15) is 0 Å². The fourth-order valence-corrected chi connectivity index (χ4v) is 2.40. The molecule has 5 heteroatoms. The Morgan fingerprint density at radius 1 is 1.50 bits per heavy atom. The monoisotopic (exact) mass is 281 g/mol. The summed E-state index contributed by atoms with van der Waals surface area (Å²) in [6.45, 7) is 1.95. The maximum atomic E-state index is 11.7. The Morgan fingerprint density at radius 2 is 2.33 bits per heavy atom. The van der Waals surface area contributed by atoms with Crippen molar-refractivity contribution >= 4 is 28.7 Å². The summed E-state index contributed by atoms with van der Waals surface area (Å²) in [7, 11) is 0. The van der Waals surface area contributed by atoms with Gasteiger partial charge in [-0.15, -0.1) is 11.3 Å². The van der Waals surface area contributed by atoms with Gasteiger partial charge in [0.05, 0.1) is 6.42 Å². The molecule has 0 bridgehead atoms. The van der Waals surface area contributed by atoms with E-state index >= 15 is 0 Å². The Morgan fingerprint density at radius 3 is 3.00 bits per heavy atom. The van der Waals surface area contributed by atoms with E-state index in [1.807, 2.05) is 12.3 Å². The quantitative estimate of drug-likeness (QED) is 0.844. The molecule has 0 aliphatic heterocycles. The van der Waals surface area contributed by atoms with Crippen molar-refractivity contribution in [2.45, 2.75) is 13.3 Å². The fourth-order valence-electron chi connectivity index (χ4n) is 1.42. The van der Waals surface area contributed by atoms with Crippen LogP contribution in [0.1, 0.15) is 10.7 Å². The van der Waals surface area contributed by atoms with Gasteiger partial charge in [0.25, 0.3) is 0 Å². The number of thiazole rings is 1. The van der Waals surface area contributed by atoms with Crippen LogP contribution in [0, 0.1) is 6.92 Å². The SMILES string of the molecule is Cc1csc(CC(=O)COc2cccc(Cl)c2)n1. The highest BCUT2D eigenvalue weighted by Gasteiger charge is 2.08. The molecule has 0 unspecified atom stereocenters. The minimum atomic E-state index is 0.00401. The van der Waals surface area contributed by atoms with Gasteiger partial charge in [0.1, 0.15) is 17.4 Å². The number of rotatable bonds is 5. The van der Waals surface area contributed by atoms with Crippen molar-refractivity contribution in [3.63, 3.8) is 0 Å². The van der Waals surface area contributed by atoms with E-state index in [-0.39, 0.29) is 12.4 Å². The summed E-state index contributed by atoms with van der Waals surface area (Å²) < 4.78 is 5.37. The van der Waals surface area contributed by atoms with Crippen LogP contribution in [0.25, 0.3) is 0 Å². The number of carbonyl (C=O) groups excluding carboxylic acids is 1. The lowest BCUT2D eigenvalue weighted by atomic mass is 10.3. The Labute approximate surface area is 114 Å². The van der Waals surface area contributed by atoms with Gasteiger partial charge in [-0.3, -0.25) is 4.79 Å². The smallest absolute Gasteiger partial charge is 0.176 e. The number of carbonyl (C=O) groups is 1. The number of benzene rings is 1. The molecule has 0 N–H and O–H groups in total. The van der Waals surface area contributed by atoms with E-state index in [4.69, 9.17) is 16.3 Å². The summed E-state index contributed by atoms with van der Waals surface area (Å²) in [6.07, 6.45) is 0.319. The number of hydrogen-bond acceptors (Lipinski definition) is 4. The minimum absolute atomic E-state index is 0.00401. The maximum Gasteiger partial charge on any atom is 0.176 e. The van der Waals surface area contributed by atoms with Gasteiger partial charge in [-0.1, -0.05) is 17.7 Å². The Hall–Kier alpha value is -1.39. The van der Waals surface area contributed by atoms with Gasteiger partial charge in [-0.05, 0) is 25.1 Å². The van der Waals surface area contributed by atoms with Gasteiger partial charge in [0.2, 0.25) is 0 Å². The lowest BCUT2D eigenvalue weighted by Gasteiger charge is -2.04. The van der Waals surface area contributed by atoms with Crippen LogP contribution in [0.4, 0.5) is 0 Å². The number of aromatic nitrogens is 1. The molecule has 0 saturated heterocycles. The van der Waals surface area contributed by atoms with Crippen molar-refractivity contribution in [2.24, 2.45) is 0 Å². The molecule has 18 heavy (non-hydrogen) atoms. The summed E-state index contributed by atoms with van der Waals surface area (Å²) in [5.74, 6) is 0.607. The minimum Gasteiger partial charge on any atom is -0.486 e. The summed E-state index contributed by atoms with van der Waals surface area (Å²) in [4.78, 5) is 15.9. The van der Waals surface area contributed by atoms with E-state index < -0.39 is 0 Å². The van der Waals surface area contributed by atoms with Gasteiger partial charge >= 0.3 is 0 Å². The summed E-state index contributed by atoms with van der Waals surface area (Å²) in [5, 5.41) is 3.35. The molecule has 0 spiro atoms. The van der Waals surface area contributed by atoms with E-state index in [0.717, 1.165) is 10.7 Å². The standard InChI is InChI=1S/C13H12ClNO2S/c1-9-8-18-13(15-9)6-11(16)7-17-12-4-2-3-10(14)5-12/h2-5,8H,6-7H2,1H3. The van der Waals surface area contributed by atoms with Gasteiger partial charge < -0.3 is 4.74 Å². The van der Waals surface area contributed by atoms with E-state index in [0.29, 0.717) is 17.2 Å². The van der Waals surface area contributed by atoms with Crippen LogP contribution in [-0.4, -0.2) is 17.4 Å². The average Bonchev–Trinajstić information content (AvgIpc) is 2.72. The molecule has 0 fully saturated rings. The zero-order valence-corrected chi connectivity index (χ0v) is 11.4. The maximum absolute atomic E-state index is 11.7. The first-order valence-corrected chi connectivity index (χ1v) is 6.70. The van der Waals surface area contributed by atoms with Crippen LogP contribution >= 0.6 is 22.9 Å². The Bertz CT molecular complexity index is 553. The van der Waals surface area contributed by atoms with E-state index in [2.05, 4.69) is 4.98 Å².